The van der Waals surface area contributed by atoms with E-state index in [0.717, 1.165) is 5.56 Å². The van der Waals surface area contributed by atoms with Crippen LogP contribution in [0.3, 0.4) is 0 Å². The summed E-state index contributed by atoms with van der Waals surface area (Å²) >= 11 is 0. The lowest BCUT2D eigenvalue weighted by Gasteiger charge is -2.20. The molecule has 0 spiro atoms. The minimum Gasteiger partial charge on any atom is -0.457 e. The Morgan fingerprint density at radius 2 is 1.55 bits per heavy atom. The Morgan fingerprint density at radius 1 is 0.935 bits per heavy atom. The van der Waals surface area contributed by atoms with Crippen molar-refractivity contribution in [2.75, 3.05) is 0 Å². The van der Waals surface area contributed by atoms with Crippen LogP contribution in [0, 0.1) is 12.3 Å². The van der Waals surface area contributed by atoms with Crippen LogP contribution in [0.2, 0.25) is 0 Å². The standard InChI is InChI=1S/C26H23NO4/c1-3-19(2)30-26(29)23(27-25(28)20-12-6-4-7-13-20)18-21-14-10-11-17-24(21)31-22-15-8-5-9-16-22/h1,4-17,19,23H,18H2,2H3,(H,27,28). The van der Waals surface area contributed by atoms with Gasteiger partial charge in [0, 0.05) is 12.0 Å². The van der Waals surface area contributed by atoms with E-state index in [1.165, 1.54) is 0 Å². The highest BCUT2D eigenvalue weighted by Crippen LogP contribution is 2.26. The summed E-state index contributed by atoms with van der Waals surface area (Å²) in [6.45, 7) is 1.60. The van der Waals surface area contributed by atoms with Crippen LogP contribution in [0.25, 0.3) is 0 Å². The van der Waals surface area contributed by atoms with Crippen LogP contribution in [0.15, 0.2) is 84.9 Å². The van der Waals surface area contributed by atoms with E-state index < -0.39 is 18.1 Å². The molecular weight excluding hydrogens is 390 g/mol. The Morgan fingerprint density at radius 3 is 2.23 bits per heavy atom. The topological polar surface area (TPSA) is 64.6 Å². The lowest BCUT2D eigenvalue weighted by molar-refractivity contribution is -0.148. The van der Waals surface area contributed by atoms with Crippen molar-refractivity contribution < 1.29 is 19.1 Å². The van der Waals surface area contributed by atoms with Gasteiger partial charge >= 0.3 is 5.97 Å². The molecule has 1 amide bonds. The first kappa shape index (κ1) is 21.7. The number of carbonyl (C=O) groups is 2. The summed E-state index contributed by atoms with van der Waals surface area (Å²) in [5.41, 5.74) is 1.19. The predicted molar refractivity (Wildman–Crippen MR) is 119 cm³/mol. The molecule has 156 valence electrons. The Bertz CT molecular complexity index is 1060. The predicted octanol–water partition coefficient (Wildman–Crippen LogP) is 4.38. The molecule has 31 heavy (non-hydrogen) atoms. The molecule has 0 saturated heterocycles. The first-order chi connectivity index (χ1) is 15.1. The molecule has 0 bridgehead atoms. The van der Waals surface area contributed by atoms with Gasteiger partial charge in [-0.25, -0.2) is 4.79 Å². The van der Waals surface area contributed by atoms with Gasteiger partial charge in [0.2, 0.25) is 0 Å². The Labute approximate surface area is 182 Å². The number of rotatable bonds is 8. The number of esters is 1. The van der Waals surface area contributed by atoms with Gasteiger partial charge in [-0.15, -0.1) is 6.42 Å². The van der Waals surface area contributed by atoms with Gasteiger partial charge in [0.15, 0.2) is 6.10 Å². The van der Waals surface area contributed by atoms with Gasteiger partial charge in [-0.05, 0) is 42.8 Å². The van der Waals surface area contributed by atoms with Gasteiger partial charge in [-0.2, -0.15) is 0 Å². The number of terminal acetylenes is 1. The van der Waals surface area contributed by atoms with E-state index >= 15 is 0 Å². The van der Waals surface area contributed by atoms with Crippen molar-refractivity contribution in [2.45, 2.75) is 25.5 Å². The van der Waals surface area contributed by atoms with Crippen LogP contribution in [0.5, 0.6) is 11.5 Å². The highest BCUT2D eigenvalue weighted by molar-refractivity contribution is 5.96. The van der Waals surface area contributed by atoms with Gasteiger partial charge in [-0.1, -0.05) is 60.5 Å². The second-order valence-electron chi connectivity index (χ2n) is 6.86. The summed E-state index contributed by atoms with van der Waals surface area (Å²) in [5.74, 6) is 2.64. The van der Waals surface area contributed by atoms with Crippen molar-refractivity contribution in [3.8, 4) is 23.8 Å². The minimum absolute atomic E-state index is 0.178. The summed E-state index contributed by atoms with van der Waals surface area (Å²) in [7, 11) is 0. The minimum atomic E-state index is -0.941. The molecule has 2 atom stereocenters. The number of para-hydroxylation sites is 2. The van der Waals surface area contributed by atoms with Crippen LogP contribution in [-0.4, -0.2) is 24.0 Å². The number of hydrogen-bond acceptors (Lipinski definition) is 4. The maximum absolute atomic E-state index is 12.8. The smallest absolute Gasteiger partial charge is 0.330 e. The molecule has 0 saturated carbocycles. The number of nitrogens with one attached hydrogen (secondary N) is 1. The fraction of sp³-hybridized carbons (Fsp3) is 0.154. The zero-order chi connectivity index (χ0) is 22.1. The molecular formula is C26H23NO4. The van der Waals surface area contributed by atoms with E-state index in [1.807, 2.05) is 60.7 Å². The second kappa shape index (κ2) is 10.7. The lowest BCUT2D eigenvalue weighted by Crippen LogP contribution is -2.44. The number of carbonyl (C=O) groups excluding carboxylic acids is 2. The van der Waals surface area contributed by atoms with Gasteiger partial charge in [0.1, 0.15) is 17.5 Å². The molecule has 0 aromatic heterocycles. The van der Waals surface area contributed by atoms with Gasteiger partial charge in [0.05, 0.1) is 0 Å². The summed E-state index contributed by atoms with van der Waals surface area (Å²) in [4.78, 5) is 25.5. The van der Waals surface area contributed by atoms with Crippen LogP contribution in [0.4, 0.5) is 0 Å². The van der Waals surface area contributed by atoms with Crippen molar-refractivity contribution in [1.29, 1.82) is 0 Å². The van der Waals surface area contributed by atoms with Gasteiger partial charge in [-0.3, -0.25) is 4.79 Å². The molecule has 0 aliphatic heterocycles. The normalized spacial score (nSPS) is 12.1. The number of ether oxygens (including phenoxy) is 2. The molecule has 1 N–H and O–H groups in total. The third-order valence-electron chi connectivity index (χ3n) is 4.52. The number of amides is 1. The third kappa shape index (κ3) is 6.22. The molecule has 3 rings (SSSR count). The van der Waals surface area contributed by atoms with Crippen LogP contribution >= 0.6 is 0 Å². The van der Waals surface area contributed by atoms with E-state index in [1.54, 1.807) is 31.2 Å². The maximum atomic E-state index is 12.8. The SMILES string of the molecule is C#CC(C)OC(=O)C(Cc1ccccc1Oc1ccccc1)NC(=O)c1ccccc1. The van der Waals surface area contributed by atoms with E-state index in [4.69, 9.17) is 15.9 Å². The van der Waals surface area contributed by atoms with E-state index in [0.29, 0.717) is 17.1 Å². The van der Waals surface area contributed by atoms with Crippen molar-refractivity contribution in [1.82, 2.24) is 5.32 Å². The molecule has 5 heteroatoms. The van der Waals surface area contributed by atoms with Crippen molar-refractivity contribution >= 4 is 11.9 Å². The molecule has 0 aliphatic rings. The molecule has 0 aliphatic carbocycles. The van der Waals surface area contributed by atoms with E-state index in [2.05, 4.69) is 11.2 Å². The largest absolute Gasteiger partial charge is 0.457 e. The number of hydrogen-bond donors (Lipinski definition) is 1. The zero-order valence-corrected chi connectivity index (χ0v) is 17.2. The Hall–Kier alpha value is -4.04. The molecule has 0 fully saturated rings. The molecule has 3 aromatic rings. The molecule has 3 aromatic carbocycles. The van der Waals surface area contributed by atoms with E-state index in [9.17, 15) is 9.59 Å². The van der Waals surface area contributed by atoms with Crippen molar-refractivity contribution in [2.24, 2.45) is 0 Å². The molecule has 0 radical (unpaired) electrons. The first-order valence-corrected chi connectivity index (χ1v) is 9.90. The fourth-order valence-electron chi connectivity index (χ4n) is 2.92. The lowest BCUT2D eigenvalue weighted by atomic mass is 10.0. The summed E-state index contributed by atoms with van der Waals surface area (Å²) in [6, 6.07) is 24.4. The van der Waals surface area contributed by atoms with E-state index in [-0.39, 0.29) is 12.3 Å². The summed E-state index contributed by atoms with van der Waals surface area (Å²) < 4.78 is 11.3. The Kier molecular flexibility index (Phi) is 7.45. The van der Waals surface area contributed by atoms with Crippen LogP contribution in [0.1, 0.15) is 22.8 Å². The zero-order valence-electron chi connectivity index (χ0n) is 17.2. The number of benzene rings is 3. The van der Waals surface area contributed by atoms with Gasteiger partial charge in [0.25, 0.3) is 5.91 Å². The van der Waals surface area contributed by atoms with Crippen molar-refractivity contribution in [3.05, 3.63) is 96.1 Å². The van der Waals surface area contributed by atoms with Gasteiger partial charge < -0.3 is 14.8 Å². The molecule has 2 unspecified atom stereocenters. The monoisotopic (exact) mass is 413 g/mol. The Balaban J connectivity index is 1.83. The molecule has 5 nitrogen and oxygen atoms in total. The van der Waals surface area contributed by atoms with Crippen LogP contribution < -0.4 is 10.1 Å². The average Bonchev–Trinajstić information content (AvgIpc) is 2.80. The first-order valence-electron chi connectivity index (χ1n) is 9.90. The van der Waals surface area contributed by atoms with Crippen molar-refractivity contribution in [3.63, 3.8) is 0 Å². The average molecular weight is 413 g/mol. The van der Waals surface area contributed by atoms with Crippen LogP contribution in [-0.2, 0) is 16.0 Å². The molecule has 0 heterocycles. The third-order valence-corrected chi connectivity index (χ3v) is 4.52. The fourth-order valence-corrected chi connectivity index (χ4v) is 2.92. The highest BCUT2D eigenvalue weighted by atomic mass is 16.5. The maximum Gasteiger partial charge on any atom is 0.330 e. The summed E-state index contributed by atoms with van der Waals surface area (Å²) in [5, 5.41) is 2.76. The summed E-state index contributed by atoms with van der Waals surface area (Å²) in [6.07, 6.45) is 4.81. The highest BCUT2D eigenvalue weighted by Gasteiger charge is 2.26. The quantitative estimate of drug-likeness (QED) is 0.440. The second-order valence-corrected chi connectivity index (χ2v) is 6.86.